The minimum absolute atomic E-state index is 0.0889. The van der Waals surface area contributed by atoms with Crippen LogP contribution in [0.1, 0.15) is 50.1 Å². The summed E-state index contributed by atoms with van der Waals surface area (Å²) in [6.45, 7) is 2.10. The van der Waals surface area contributed by atoms with Crippen molar-refractivity contribution >= 4 is 0 Å². The fourth-order valence-electron chi connectivity index (χ4n) is 4.17. The van der Waals surface area contributed by atoms with E-state index in [1.165, 1.54) is 50.6 Å². The van der Waals surface area contributed by atoms with E-state index in [1.54, 1.807) is 0 Å². The highest BCUT2D eigenvalue weighted by Gasteiger charge is 2.51. The lowest BCUT2D eigenvalue weighted by Gasteiger charge is -2.38. The second-order valence-electron chi connectivity index (χ2n) is 6.48. The Hall–Kier alpha value is -0.860. The summed E-state index contributed by atoms with van der Waals surface area (Å²) < 4.78 is 6.36. The van der Waals surface area contributed by atoms with Crippen LogP contribution in [0.5, 0.6) is 0 Å². The van der Waals surface area contributed by atoms with Crippen LogP contribution in [0, 0.1) is 5.92 Å². The molecule has 4 rings (SSSR count). The zero-order chi connectivity index (χ0) is 12.7. The Morgan fingerprint density at radius 3 is 2.74 bits per heavy atom. The van der Waals surface area contributed by atoms with E-state index in [2.05, 4.69) is 35.2 Å². The van der Waals surface area contributed by atoms with Crippen LogP contribution in [0.25, 0.3) is 0 Å². The topological polar surface area (TPSA) is 12.5 Å². The molecule has 2 heteroatoms. The molecule has 0 bridgehead atoms. The summed E-state index contributed by atoms with van der Waals surface area (Å²) in [5, 5.41) is 0. The van der Waals surface area contributed by atoms with Crippen molar-refractivity contribution in [3.05, 3.63) is 35.9 Å². The predicted molar refractivity (Wildman–Crippen MR) is 75.8 cm³/mol. The van der Waals surface area contributed by atoms with Crippen molar-refractivity contribution in [1.29, 1.82) is 0 Å². The Bertz CT molecular complexity index is 442. The molecule has 2 atom stereocenters. The minimum Gasteiger partial charge on any atom is -0.358 e. The van der Waals surface area contributed by atoms with Gasteiger partial charge >= 0.3 is 0 Å². The third kappa shape index (κ3) is 1.93. The van der Waals surface area contributed by atoms with Crippen molar-refractivity contribution in [2.24, 2.45) is 5.92 Å². The molecule has 0 amide bonds. The summed E-state index contributed by atoms with van der Waals surface area (Å²) in [7, 11) is 0. The van der Waals surface area contributed by atoms with E-state index < -0.39 is 0 Å². The van der Waals surface area contributed by atoms with Crippen LogP contribution in [-0.2, 0) is 4.74 Å². The number of benzene rings is 1. The lowest BCUT2D eigenvalue weighted by Crippen LogP contribution is -2.43. The molecular formula is C17H23NO. The summed E-state index contributed by atoms with van der Waals surface area (Å²) in [6.07, 6.45) is 8.10. The molecule has 0 aromatic heterocycles. The standard InChI is InChI=1S/C17H23NO/c1-2-8-15(9-3-1)16-13-19-17(10-5-11-18(16)17)12-14-6-4-7-14/h1-3,8-9,14,16H,4-7,10-13H2/t16-,17+/m0/s1. The number of rotatable bonds is 3. The predicted octanol–water partition coefficient (Wildman–Crippen LogP) is 3.74. The Morgan fingerprint density at radius 2 is 2.00 bits per heavy atom. The van der Waals surface area contributed by atoms with E-state index in [1.807, 2.05) is 0 Å². The largest absolute Gasteiger partial charge is 0.358 e. The molecule has 102 valence electrons. The Morgan fingerprint density at radius 1 is 1.16 bits per heavy atom. The first kappa shape index (κ1) is 11.9. The molecule has 2 aliphatic heterocycles. The van der Waals surface area contributed by atoms with Crippen molar-refractivity contribution < 1.29 is 4.74 Å². The van der Waals surface area contributed by atoms with Gasteiger partial charge < -0.3 is 4.74 Å². The van der Waals surface area contributed by atoms with Crippen LogP contribution in [0.15, 0.2) is 30.3 Å². The average molecular weight is 257 g/mol. The summed E-state index contributed by atoms with van der Waals surface area (Å²) >= 11 is 0. The summed E-state index contributed by atoms with van der Waals surface area (Å²) in [5.74, 6) is 0.926. The van der Waals surface area contributed by atoms with E-state index in [0.717, 1.165) is 12.5 Å². The van der Waals surface area contributed by atoms with Crippen molar-refractivity contribution in [3.63, 3.8) is 0 Å². The third-order valence-corrected chi connectivity index (χ3v) is 5.39. The van der Waals surface area contributed by atoms with Crippen molar-refractivity contribution in [2.45, 2.75) is 50.3 Å². The fourth-order valence-corrected chi connectivity index (χ4v) is 4.17. The maximum Gasteiger partial charge on any atom is 0.122 e. The van der Waals surface area contributed by atoms with Crippen LogP contribution in [-0.4, -0.2) is 23.8 Å². The van der Waals surface area contributed by atoms with Gasteiger partial charge in [0.05, 0.1) is 12.6 Å². The second kappa shape index (κ2) is 4.60. The van der Waals surface area contributed by atoms with Gasteiger partial charge in [-0.2, -0.15) is 0 Å². The van der Waals surface area contributed by atoms with Gasteiger partial charge in [-0.15, -0.1) is 0 Å². The number of ether oxygens (including phenoxy) is 1. The number of hydrogen-bond acceptors (Lipinski definition) is 2. The van der Waals surface area contributed by atoms with Gasteiger partial charge in [0.2, 0.25) is 0 Å². The molecule has 19 heavy (non-hydrogen) atoms. The van der Waals surface area contributed by atoms with Crippen LogP contribution in [0.4, 0.5) is 0 Å². The zero-order valence-corrected chi connectivity index (χ0v) is 11.6. The number of hydrogen-bond donors (Lipinski definition) is 0. The van der Waals surface area contributed by atoms with Gasteiger partial charge in [-0.3, -0.25) is 4.90 Å². The lowest BCUT2D eigenvalue weighted by molar-refractivity contribution is -0.0850. The van der Waals surface area contributed by atoms with Gasteiger partial charge in [-0.25, -0.2) is 0 Å². The van der Waals surface area contributed by atoms with Gasteiger partial charge in [0.1, 0.15) is 5.72 Å². The molecule has 1 aromatic carbocycles. The number of nitrogens with zero attached hydrogens (tertiary/aromatic N) is 1. The molecule has 0 N–H and O–H groups in total. The SMILES string of the molecule is c1ccc([C@@H]2CO[C@@]3(CC4CCC4)CCCN23)cc1. The summed E-state index contributed by atoms with van der Waals surface area (Å²) in [4.78, 5) is 2.67. The van der Waals surface area contributed by atoms with Crippen LogP contribution in [0.3, 0.4) is 0 Å². The monoisotopic (exact) mass is 257 g/mol. The highest BCUT2D eigenvalue weighted by molar-refractivity contribution is 5.21. The van der Waals surface area contributed by atoms with Crippen molar-refractivity contribution in [2.75, 3.05) is 13.2 Å². The zero-order valence-electron chi connectivity index (χ0n) is 11.6. The first-order chi connectivity index (χ1) is 9.37. The minimum atomic E-state index is 0.0889. The molecule has 0 spiro atoms. The van der Waals surface area contributed by atoms with E-state index in [4.69, 9.17) is 4.74 Å². The van der Waals surface area contributed by atoms with E-state index >= 15 is 0 Å². The first-order valence-electron chi connectivity index (χ1n) is 7.83. The second-order valence-corrected chi connectivity index (χ2v) is 6.48. The molecule has 3 aliphatic rings. The fraction of sp³-hybridized carbons (Fsp3) is 0.647. The molecule has 1 aliphatic carbocycles. The summed E-state index contributed by atoms with van der Waals surface area (Å²) in [6, 6.07) is 11.4. The maximum absolute atomic E-state index is 6.36. The van der Waals surface area contributed by atoms with Crippen LogP contribution < -0.4 is 0 Å². The molecule has 1 saturated carbocycles. The normalized spacial score (nSPS) is 35.3. The third-order valence-electron chi connectivity index (χ3n) is 5.39. The smallest absolute Gasteiger partial charge is 0.122 e. The molecule has 3 fully saturated rings. The van der Waals surface area contributed by atoms with Crippen molar-refractivity contribution in [1.82, 2.24) is 4.90 Å². The summed E-state index contributed by atoms with van der Waals surface area (Å²) in [5.41, 5.74) is 1.52. The van der Waals surface area contributed by atoms with Gasteiger partial charge in [0, 0.05) is 6.54 Å². The molecule has 2 heterocycles. The Balaban J connectivity index is 1.57. The number of fused-ring (bicyclic) bond motifs is 1. The molecule has 0 unspecified atom stereocenters. The van der Waals surface area contributed by atoms with Gasteiger partial charge in [-0.05, 0) is 30.7 Å². The van der Waals surface area contributed by atoms with Gasteiger partial charge in [0.25, 0.3) is 0 Å². The molecule has 1 aromatic rings. The van der Waals surface area contributed by atoms with Crippen LogP contribution in [0.2, 0.25) is 0 Å². The highest BCUT2D eigenvalue weighted by Crippen LogP contribution is 2.49. The van der Waals surface area contributed by atoms with Crippen LogP contribution >= 0.6 is 0 Å². The van der Waals surface area contributed by atoms with E-state index in [9.17, 15) is 0 Å². The van der Waals surface area contributed by atoms with E-state index in [-0.39, 0.29) is 5.72 Å². The Labute approximate surface area is 115 Å². The quantitative estimate of drug-likeness (QED) is 0.818. The maximum atomic E-state index is 6.36. The van der Waals surface area contributed by atoms with Gasteiger partial charge in [-0.1, -0.05) is 49.6 Å². The van der Waals surface area contributed by atoms with Crippen molar-refractivity contribution in [3.8, 4) is 0 Å². The highest BCUT2D eigenvalue weighted by atomic mass is 16.5. The lowest BCUT2D eigenvalue weighted by atomic mass is 9.79. The first-order valence-corrected chi connectivity index (χ1v) is 7.83. The van der Waals surface area contributed by atoms with Gasteiger partial charge in [0.15, 0.2) is 0 Å². The molecule has 0 radical (unpaired) electrons. The molecule has 2 nitrogen and oxygen atoms in total. The molecule has 2 saturated heterocycles. The average Bonchev–Trinajstić information content (AvgIpc) is 2.93. The molecular weight excluding hydrogens is 234 g/mol. The van der Waals surface area contributed by atoms with E-state index in [0.29, 0.717) is 6.04 Å². The Kier molecular flexibility index (Phi) is 2.89.